The molecule has 0 N–H and O–H groups in total. The molecule has 2 heterocycles. The van der Waals surface area contributed by atoms with Crippen LogP contribution in [0.3, 0.4) is 0 Å². The Kier molecular flexibility index (Phi) is 5.11. The van der Waals surface area contributed by atoms with Crippen LogP contribution in [0, 0.1) is 20.8 Å². The lowest BCUT2D eigenvalue weighted by molar-refractivity contribution is -0.140. The lowest BCUT2D eigenvalue weighted by atomic mass is 10.1. The molecule has 1 aliphatic rings. The molecule has 0 atom stereocenters. The third-order valence-corrected chi connectivity index (χ3v) is 4.86. The molecule has 1 fully saturated rings. The first kappa shape index (κ1) is 18.2. The molecule has 26 heavy (non-hydrogen) atoms. The average molecular weight is 355 g/mol. The minimum absolute atomic E-state index is 0.0107. The molecular formula is C20H25N3O3. The Morgan fingerprint density at radius 1 is 1.19 bits per heavy atom. The molecule has 0 bridgehead atoms. The number of carbonyl (C=O) groups excluding carboxylic acids is 2. The van der Waals surface area contributed by atoms with Gasteiger partial charge in [-0.2, -0.15) is 5.10 Å². The Labute approximate surface area is 153 Å². The molecule has 1 aromatic heterocycles. The van der Waals surface area contributed by atoms with E-state index in [1.807, 2.05) is 45.0 Å². The van der Waals surface area contributed by atoms with Gasteiger partial charge < -0.3 is 9.64 Å². The number of hydrogen-bond acceptors (Lipinski definition) is 4. The molecular weight excluding hydrogens is 330 g/mol. The number of amides is 1. The lowest BCUT2D eigenvalue weighted by Crippen LogP contribution is -2.56. The number of aryl methyl sites for hydroxylation is 3. The third kappa shape index (κ3) is 3.64. The van der Waals surface area contributed by atoms with Crippen molar-refractivity contribution in [2.45, 2.75) is 46.8 Å². The normalized spacial score (nSPS) is 14.2. The van der Waals surface area contributed by atoms with Crippen molar-refractivity contribution in [3.05, 3.63) is 46.8 Å². The van der Waals surface area contributed by atoms with E-state index >= 15 is 0 Å². The Hall–Kier alpha value is -2.63. The van der Waals surface area contributed by atoms with Gasteiger partial charge in [-0.1, -0.05) is 18.2 Å². The molecule has 1 aliphatic heterocycles. The van der Waals surface area contributed by atoms with E-state index < -0.39 is 0 Å². The molecule has 2 aromatic rings. The third-order valence-electron chi connectivity index (χ3n) is 4.86. The number of Topliss-reactive ketones (excluding diaryl/α,β-unsaturated/α-hetero) is 1. The van der Waals surface area contributed by atoms with Crippen molar-refractivity contribution in [2.75, 3.05) is 13.1 Å². The van der Waals surface area contributed by atoms with Crippen LogP contribution in [0.15, 0.2) is 24.3 Å². The van der Waals surface area contributed by atoms with Gasteiger partial charge in [0.1, 0.15) is 11.9 Å². The van der Waals surface area contributed by atoms with Crippen LogP contribution in [0.1, 0.15) is 40.7 Å². The van der Waals surface area contributed by atoms with Crippen LogP contribution < -0.4 is 4.74 Å². The summed E-state index contributed by atoms with van der Waals surface area (Å²) in [6, 6.07) is 7.90. The van der Waals surface area contributed by atoms with E-state index in [0.717, 1.165) is 22.7 Å². The maximum atomic E-state index is 12.4. The number of hydrogen-bond donors (Lipinski definition) is 0. The van der Waals surface area contributed by atoms with Gasteiger partial charge in [-0.05, 0) is 39.3 Å². The summed E-state index contributed by atoms with van der Waals surface area (Å²) in [5, 5.41) is 4.39. The number of aromatic nitrogens is 2. The molecule has 0 aliphatic carbocycles. The molecule has 138 valence electrons. The molecule has 3 rings (SSSR count). The zero-order valence-corrected chi connectivity index (χ0v) is 15.8. The van der Waals surface area contributed by atoms with Gasteiger partial charge in [0.25, 0.3) is 0 Å². The second-order valence-corrected chi connectivity index (χ2v) is 6.88. The summed E-state index contributed by atoms with van der Waals surface area (Å²) in [6.07, 6.45) is 0.425. The van der Waals surface area contributed by atoms with Crippen LogP contribution in [0.25, 0.3) is 0 Å². The monoisotopic (exact) mass is 355 g/mol. The maximum absolute atomic E-state index is 12.4. The van der Waals surface area contributed by atoms with Gasteiger partial charge in [0, 0.05) is 18.7 Å². The summed E-state index contributed by atoms with van der Waals surface area (Å²) in [5.41, 5.74) is 3.31. The summed E-state index contributed by atoms with van der Waals surface area (Å²) in [4.78, 5) is 25.8. The number of likely N-dealkylation sites (tertiary alicyclic amines) is 1. The van der Waals surface area contributed by atoms with E-state index in [0.29, 0.717) is 31.6 Å². The van der Waals surface area contributed by atoms with Crippen molar-refractivity contribution in [1.82, 2.24) is 14.7 Å². The number of benzene rings is 1. The Bertz CT molecular complexity index is 835. The minimum atomic E-state index is 0.0107. The number of ketones is 1. The molecule has 1 saturated heterocycles. The van der Waals surface area contributed by atoms with Gasteiger partial charge in [0.15, 0.2) is 5.78 Å². The highest BCUT2D eigenvalue weighted by atomic mass is 16.5. The van der Waals surface area contributed by atoms with E-state index in [2.05, 4.69) is 5.10 Å². The fraction of sp³-hybridized carbons (Fsp3) is 0.450. The second-order valence-electron chi connectivity index (χ2n) is 6.88. The molecule has 0 radical (unpaired) electrons. The van der Waals surface area contributed by atoms with Crippen molar-refractivity contribution < 1.29 is 14.3 Å². The van der Waals surface area contributed by atoms with Crippen molar-refractivity contribution in [2.24, 2.45) is 0 Å². The lowest BCUT2D eigenvalue weighted by Gasteiger charge is -2.39. The zero-order chi connectivity index (χ0) is 18.8. The van der Waals surface area contributed by atoms with Gasteiger partial charge in [-0.3, -0.25) is 14.3 Å². The number of ether oxygens (including phenoxy) is 1. The molecule has 1 aromatic carbocycles. The minimum Gasteiger partial charge on any atom is -0.486 e. The van der Waals surface area contributed by atoms with Gasteiger partial charge >= 0.3 is 0 Å². The van der Waals surface area contributed by atoms with Gasteiger partial charge in [0.05, 0.1) is 24.3 Å². The predicted octanol–water partition coefficient (Wildman–Crippen LogP) is 2.69. The second kappa shape index (κ2) is 7.32. The Morgan fingerprint density at radius 2 is 1.88 bits per heavy atom. The molecule has 0 saturated carbocycles. The molecule has 6 nitrogen and oxygen atoms in total. The Balaban J connectivity index is 1.50. The van der Waals surface area contributed by atoms with Gasteiger partial charge in [-0.15, -0.1) is 0 Å². The molecule has 6 heteroatoms. The number of nitrogens with zero attached hydrogens (tertiary/aromatic N) is 3. The van der Waals surface area contributed by atoms with Crippen molar-refractivity contribution in [3.8, 4) is 5.75 Å². The van der Waals surface area contributed by atoms with Crippen LogP contribution in [0.5, 0.6) is 5.75 Å². The maximum Gasteiger partial charge on any atom is 0.224 e. The van der Waals surface area contributed by atoms with Crippen LogP contribution in [-0.2, 0) is 11.3 Å². The largest absolute Gasteiger partial charge is 0.486 e. The molecule has 0 spiro atoms. The molecule has 1 amide bonds. The highest BCUT2D eigenvalue weighted by Gasteiger charge is 2.32. The Morgan fingerprint density at radius 3 is 2.50 bits per heavy atom. The smallest absolute Gasteiger partial charge is 0.224 e. The van der Waals surface area contributed by atoms with E-state index in [-0.39, 0.29) is 17.8 Å². The number of rotatable bonds is 6. The number of para-hydroxylation sites is 1. The van der Waals surface area contributed by atoms with Gasteiger partial charge in [0.2, 0.25) is 5.91 Å². The number of carbonyl (C=O) groups is 2. The first-order valence-electron chi connectivity index (χ1n) is 8.91. The SMILES string of the molecule is CC(=O)c1c(C)nn(CCC(=O)N2CC(Oc3ccccc3C)C2)c1C. The summed E-state index contributed by atoms with van der Waals surface area (Å²) in [5.74, 6) is 0.979. The fourth-order valence-electron chi connectivity index (χ4n) is 3.37. The van der Waals surface area contributed by atoms with Crippen LogP contribution in [0.4, 0.5) is 0 Å². The van der Waals surface area contributed by atoms with E-state index in [1.165, 1.54) is 0 Å². The zero-order valence-electron chi connectivity index (χ0n) is 15.8. The predicted molar refractivity (Wildman–Crippen MR) is 98.5 cm³/mol. The highest BCUT2D eigenvalue weighted by Crippen LogP contribution is 2.22. The quantitative estimate of drug-likeness (QED) is 0.748. The fourth-order valence-corrected chi connectivity index (χ4v) is 3.37. The first-order chi connectivity index (χ1) is 12.4. The van der Waals surface area contributed by atoms with Gasteiger partial charge in [-0.25, -0.2) is 0 Å². The van der Waals surface area contributed by atoms with E-state index in [9.17, 15) is 9.59 Å². The summed E-state index contributed by atoms with van der Waals surface area (Å²) < 4.78 is 7.69. The van der Waals surface area contributed by atoms with Crippen LogP contribution in [-0.4, -0.2) is 45.6 Å². The average Bonchev–Trinajstić information content (AvgIpc) is 2.83. The van der Waals surface area contributed by atoms with E-state index in [4.69, 9.17) is 4.74 Å². The molecule has 0 unspecified atom stereocenters. The highest BCUT2D eigenvalue weighted by molar-refractivity contribution is 5.96. The standard InChI is InChI=1S/C20H25N3O3/c1-13-7-5-6-8-18(13)26-17-11-22(12-17)19(25)9-10-23-15(3)20(16(4)24)14(2)21-23/h5-8,17H,9-12H2,1-4H3. The van der Waals surface area contributed by atoms with E-state index in [1.54, 1.807) is 16.5 Å². The summed E-state index contributed by atoms with van der Waals surface area (Å²) in [6.45, 7) is 8.97. The first-order valence-corrected chi connectivity index (χ1v) is 8.91. The van der Waals surface area contributed by atoms with Crippen LogP contribution >= 0.6 is 0 Å². The van der Waals surface area contributed by atoms with Crippen molar-refractivity contribution >= 4 is 11.7 Å². The van der Waals surface area contributed by atoms with Crippen molar-refractivity contribution in [3.63, 3.8) is 0 Å². The van der Waals surface area contributed by atoms with Crippen molar-refractivity contribution in [1.29, 1.82) is 0 Å². The topological polar surface area (TPSA) is 64.4 Å². The van der Waals surface area contributed by atoms with Crippen LogP contribution in [0.2, 0.25) is 0 Å². The summed E-state index contributed by atoms with van der Waals surface area (Å²) >= 11 is 0. The summed E-state index contributed by atoms with van der Waals surface area (Å²) in [7, 11) is 0.